The predicted molar refractivity (Wildman–Crippen MR) is 112 cm³/mol. The maximum absolute atomic E-state index is 12.4. The van der Waals surface area contributed by atoms with Crippen LogP contribution >= 0.6 is 11.6 Å². The van der Waals surface area contributed by atoms with Gasteiger partial charge in [-0.1, -0.05) is 17.7 Å². The molecule has 0 saturated heterocycles. The van der Waals surface area contributed by atoms with Gasteiger partial charge in [0.05, 0.1) is 17.1 Å². The monoisotopic (exact) mass is 423 g/mol. The van der Waals surface area contributed by atoms with Gasteiger partial charge in [-0.2, -0.15) is 0 Å². The van der Waals surface area contributed by atoms with E-state index >= 15 is 0 Å². The molecule has 0 saturated carbocycles. The number of nitrogens with zero attached hydrogens (tertiary/aromatic N) is 2. The highest BCUT2D eigenvalue weighted by Gasteiger charge is 2.14. The van der Waals surface area contributed by atoms with E-state index in [2.05, 4.69) is 10.3 Å². The lowest BCUT2D eigenvalue weighted by Gasteiger charge is -2.04. The molecule has 0 aliphatic heterocycles. The van der Waals surface area contributed by atoms with Crippen LogP contribution in [0.25, 0.3) is 22.6 Å². The second-order valence-corrected chi connectivity index (χ2v) is 6.72. The maximum atomic E-state index is 12.4. The molecule has 0 fully saturated rings. The van der Waals surface area contributed by atoms with Crippen LogP contribution in [-0.2, 0) is 0 Å². The first-order valence-electron chi connectivity index (χ1n) is 8.75. The first kappa shape index (κ1) is 19.4. The SMILES string of the molecule is COc1ccc(-c2nc3cc(NC(=O)c4cccc([N+](=O)[O-])c4)ccc3o2)cc1Cl. The number of amides is 1. The fourth-order valence-corrected chi connectivity index (χ4v) is 3.15. The molecule has 1 N–H and O–H groups in total. The summed E-state index contributed by atoms with van der Waals surface area (Å²) in [6, 6.07) is 15.7. The lowest BCUT2D eigenvalue weighted by Crippen LogP contribution is -2.12. The topological polar surface area (TPSA) is 108 Å². The van der Waals surface area contributed by atoms with Crippen molar-refractivity contribution in [1.82, 2.24) is 4.98 Å². The molecule has 0 unspecified atom stereocenters. The van der Waals surface area contributed by atoms with Crippen LogP contribution in [0.2, 0.25) is 5.02 Å². The number of benzene rings is 3. The number of aromatic nitrogens is 1. The van der Waals surface area contributed by atoms with Gasteiger partial charge in [0.25, 0.3) is 11.6 Å². The van der Waals surface area contributed by atoms with E-state index in [0.29, 0.717) is 39.0 Å². The number of halogens is 1. The van der Waals surface area contributed by atoms with Crippen molar-refractivity contribution in [1.29, 1.82) is 0 Å². The number of fused-ring (bicyclic) bond motifs is 1. The van der Waals surface area contributed by atoms with Gasteiger partial charge in [0, 0.05) is 28.9 Å². The second-order valence-electron chi connectivity index (χ2n) is 6.31. The Labute approximate surface area is 175 Å². The van der Waals surface area contributed by atoms with Crippen LogP contribution in [0.4, 0.5) is 11.4 Å². The standard InChI is InChI=1S/C21H14ClN3O5/c1-29-18-7-5-13(10-16(18)22)21-24-17-11-14(6-8-19(17)30-21)23-20(26)12-3-2-4-15(9-12)25(27)28/h2-11H,1H3,(H,23,26). The quantitative estimate of drug-likeness (QED) is 0.344. The minimum absolute atomic E-state index is 0.155. The second kappa shape index (κ2) is 7.84. The van der Waals surface area contributed by atoms with Crippen LogP contribution in [0.3, 0.4) is 0 Å². The van der Waals surface area contributed by atoms with Crippen molar-refractivity contribution in [3.63, 3.8) is 0 Å². The zero-order chi connectivity index (χ0) is 21.3. The van der Waals surface area contributed by atoms with Crippen molar-refractivity contribution >= 4 is 40.0 Å². The molecule has 1 heterocycles. The molecule has 1 aromatic heterocycles. The third kappa shape index (κ3) is 3.81. The number of hydrogen-bond donors (Lipinski definition) is 1. The molecule has 0 radical (unpaired) electrons. The molecule has 150 valence electrons. The number of non-ortho nitro benzene ring substituents is 1. The Hall–Kier alpha value is -3.91. The Kier molecular flexibility index (Phi) is 5.07. The zero-order valence-electron chi connectivity index (χ0n) is 15.6. The van der Waals surface area contributed by atoms with Crippen LogP contribution < -0.4 is 10.1 Å². The third-order valence-electron chi connectivity index (χ3n) is 4.36. The van der Waals surface area contributed by atoms with E-state index in [1.165, 1.54) is 31.4 Å². The first-order chi connectivity index (χ1) is 14.4. The summed E-state index contributed by atoms with van der Waals surface area (Å²) in [5.74, 6) is 0.447. The molecule has 9 heteroatoms. The molecule has 0 aliphatic carbocycles. The number of carbonyl (C=O) groups is 1. The van der Waals surface area contributed by atoms with E-state index in [1.54, 1.807) is 36.4 Å². The summed E-state index contributed by atoms with van der Waals surface area (Å²) in [5, 5.41) is 14.0. The van der Waals surface area contributed by atoms with Crippen LogP contribution in [0.15, 0.2) is 65.1 Å². The molecule has 4 rings (SSSR count). The summed E-state index contributed by atoms with van der Waals surface area (Å²) < 4.78 is 10.9. The van der Waals surface area contributed by atoms with Crippen LogP contribution in [0.5, 0.6) is 5.75 Å². The van der Waals surface area contributed by atoms with E-state index in [-0.39, 0.29) is 11.3 Å². The highest BCUT2D eigenvalue weighted by Crippen LogP contribution is 2.32. The van der Waals surface area contributed by atoms with Crippen molar-refractivity contribution < 1.29 is 18.9 Å². The number of hydrogen-bond acceptors (Lipinski definition) is 6. The van der Waals surface area contributed by atoms with Gasteiger partial charge in [0.1, 0.15) is 11.3 Å². The molecule has 3 aromatic carbocycles. The molecule has 0 atom stereocenters. The summed E-state index contributed by atoms with van der Waals surface area (Å²) in [6.45, 7) is 0. The average Bonchev–Trinajstić information content (AvgIpc) is 3.17. The number of rotatable bonds is 5. The highest BCUT2D eigenvalue weighted by molar-refractivity contribution is 6.32. The summed E-state index contributed by atoms with van der Waals surface area (Å²) in [6.07, 6.45) is 0. The van der Waals surface area contributed by atoms with Gasteiger partial charge < -0.3 is 14.5 Å². The van der Waals surface area contributed by atoms with E-state index in [1.807, 2.05) is 0 Å². The number of oxazole rings is 1. The molecule has 0 aliphatic rings. The Morgan fingerprint density at radius 2 is 2.00 bits per heavy atom. The Bertz CT molecular complexity index is 1280. The fraction of sp³-hybridized carbons (Fsp3) is 0.0476. The largest absolute Gasteiger partial charge is 0.495 e. The lowest BCUT2D eigenvalue weighted by atomic mass is 10.2. The molecular formula is C21H14ClN3O5. The van der Waals surface area contributed by atoms with Gasteiger partial charge in [-0.15, -0.1) is 0 Å². The van der Waals surface area contributed by atoms with Gasteiger partial charge in [-0.05, 0) is 42.5 Å². The molecule has 1 amide bonds. The minimum atomic E-state index is -0.550. The van der Waals surface area contributed by atoms with Crippen LogP contribution in [0, 0.1) is 10.1 Å². The van der Waals surface area contributed by atoms with Crippen molar-refractivity contribution in [3.8, 4) is 17.2 Å². The Morgan fingerprint density at radius 3 is 2.73 bits per heavy atom. The molecule has 4 aromatic rings. The molecule has 0 bridgehead atoms. The normalized spacial score (nSPS) is 10.7. The predicted octanol–water partition coefficient (Wildman–Crippen LogP) is 5.32. The van der Waals surface area contributed by atoms with Crippen molar-refractivity contribution in [3.05, 3.63) is 81.4 Å². The van der Waals surface area contributed by atoms with E-state index in [4.69, 9.17) is 20.8 Å². The molecule has 0 spiro atoms. The minimum Gasteiger partial charge on any atom is -0.495 e. The number of ether oxygens (including phenoxy) is 1. The zero-order valence-corrected chi connectivity index (χ0v) is 16.3. The Morgan fingerprint density at radius 1 is 1.17 bits per heavy atom. The van der Waals surface area contributed by atoms with Crippen molar-refractivity contribution in [2.75, 3.05) is 12.4 Å². The maximum Gasteiger partial charge on any atom is 0.270 e. The van der Waals surface area contributed by atoms with E-state index in [9.17, 15) is 14.9 Å². The molecular weight excluding hydrogens is 410 g/mol. The van der Waals surface area contributed by atoms with Gasteiger partial charge in [-0.25, -0.2) is 4.98 Å². The van der Waals surface area contributed by atoms with Gasteiger partial charge in [0.2, 0.25) is 5.89 Å². The summed E-state index contributed by atoms with van der Waals surface area (Å²) in [7, 11) is 1.53. The lowest BCUT2D eigenvalue weighted by molar-refractivity contribution is -0.384. The van der Waals surface area contributed by atoms with Crippen LogP contribution in [0.1, 0.15) is 10.4 Å². The van der Waals surface area contributed by atoms with Crippen molar-refractivity contribution in [2.24, 2.45) is 0 Å². The third-order valence-corrected chi connectivity index (χ3v) is 4.66. The fourth-order valence-electron chi connectivity index (χ4n) is 2.89. The molecule has 8 nitrogen and oxygen atoms in total. The van der Waals surface area contributed by atoms with Crippen molar-refractivity contribution in [2.45, 2.75) is 0 Å². The Balaban J connectivity index is 1.59. The van der Waals surface area contributed by atoms with Gasteiger partial charge in [-0.3, -0.25) is 14.9 Å². The first-order valence-corrected chi connectivity index (χ1v) is 9.13. The summed E-state index contributed by atoms with van der Waals surface area (Å²) in [5.41, 5.74) is 2.25. The van der Waals surface area contributed by atoms with Gasteiger partial charge in [0.15, 0.2) is 5.58 Å². The number of carbonyl (C=O) groups excluding carboxylic acids is 1. The number of nitrogens with one attached hydrogen (secondary N) is 1. The number of anilines is 1. The summed E-state index contributed by atoms with van der Waals surface area (Å²) >= 11 is 6.17. The summed E-state index contributed by atoms with van der Waals surface area (Å²) in [4.78, 5) is 27.2. The number of methoxy groups -OCH3 is 1. The van der Waals surface area contributed by atoms with Crippen LogP contribution in [-0.4, -0.2) is 22.9 Å². The highest BCUT2D eigenvalue weighted by atomic mass is 35.5. The number of nitro groups is 1. The molecule has 30 heavy (non-hydrogen) atoms. The smallest absolute Gasteiger partial charge is 0.270 e. The van der Waals surface area contributed by atoms with E-state index < -0.39 is 10.8 Å². The van der Waals surface area contributed by atoms with E-state index in [0.717, 1.165) is 0 Å². The average molecular weight is 424 g/mol. The van der Waals surface area contributed by atoms with Gasteiger partial charge >= 0.3 is 0 Å². The number of nitro benzene ring substituents is 1.